The monoisotopic (exact) mass is 467 g/mol. The predicted molar refractivity (Wildman–Crippen MR) is 101 cm³/mol. The Labute approximate surface area is 162 Å². The van der Waals surface area contributed by atoms with Gasteiger partial charge in [0.25, 0.3) is 0 Å². The van der Waals surface area contributed by atoms with Crippen LogP contribution in [0.25, 0.3) is 0 Å². The van der Waals surface area contributed by atoms with Crippen molar-refractivity contribution >= 4 is 55.2 Å². The minimum atomic E-state index is -0.587. The number of esters is 1. The molecular weight excluding hydrogens is 454 g/mol. The molecule has 0 spiro atoms. The summed E-state index contributed by atoms with van der Waals surface area (Å²) in [5.41, 5.74) is 1.11. The van der Waals surface area contributed by atoms with Crippen LogP contribution in [-0.2, 0) is 14.3 Å². The first-order chi connectivity index (χ1) is 11.9. The fourth-order valence-corrected chi connectivity index (χ4v) is 2.44. The summed E-state index contributed by atoms with van der Waals surface area (Å²) in [7, 11) is 0. The van der Waals surface area contributed by atoms with E-state index in [0.29, 0.717) is 11.3 Å². The van der Waals surface area contributed by atoms with Gasteiger partial charge in [-0.25, -0.2) is 0 Å². The van der Waals surface area contributed by atoms with Gasteiger partial charge >= 0.3 is 5.97 Å². The standard InChI is InChI=1S/C18H15Br2NO4/c19-13-3-1-12(2-4-13)16(22)11-25-18(24)10-9-17(23)21-15-7-5-14(20)6-8-15/h1-8H,9-11H2,(H,21,23). The van der Waals surface area contributed by atoms with Crippen LogP contribution in [0.15, 0.2) is 57.5 Å². The molecule has 2 rings (SSSR count). The molecule has 0 aliphatic rings. The molecule has 0 atom stereocenters. The quantitative estimate of drug-likeness (QED) is 0.484. The lowest BCUT2D eigenvalue weighted by molar-refractivity contribution is -0.143. The number of carbonyl (C=O) groups excluding carboxylic acids is 3. The van der Waals surface area contributed by atoms with E-state index in [1.54, 1.807) is 48.5 Å². The van der Waals surface area contributed by atoms with Crippen molar-refractivity contribution in [2.24, 2.45) is 0 Å². The minimum absolute atomic E-state index is 0.0125. The lowest BCUT2D eigenvalue weighted by Gasteiger charge is -2.06. The minimum Gasteiger partial charge on any atom is -0.457 e. The Morgan fingerprint density at radius 3 is 2.00 bits per heavy atom. The second-order valence-electron chi connectivity index (χ2n) is 5.15. The maximum atomic E-state index is 11.9. The van der Waals surface area contributed by atoms with Crippen LogP contribution >= 0.6 is 31.9 Å². The van der Waals surface area contributed by atoms with Gasteiger partial charge in [0.2, 0.25) is 5.91 Å². The van der Waals surface area contributed by atoms with Gasteiger partial charge in [0.15, 0.2) is 12.4 Å². The number of ether oxygens (including phenoxy) is 1. The van der Waals surface area contributed by atoms with Gasteiger partial charge < -0.3 is 10.1 Å². The van der Waals surface area contributed by atoms with Crippen molar-refractivity contribution in [2.45, 2.75) is 12.8 Å². The van der Waals surface area contributed by atoms with Crippen molar-refractivity contribution in [3.8, 4) is 0 Å². The number of hydrogen-bond acceptors (Lipinski definition) is 4. The van der Waals surface area contributed by atoms with Crippen molar-refractivity contribution in [3.63, 3.8) is 0 Å². The number of rotatable bonds is 7. The van der Waals surface area contributed by atoms with Gasteiger partial charge in [0.05, 0.1) is 6.42 Å². The Morgan fingerprint density at radius 1 is 0.840 bits per heavy atom. The molecule has 0 aromatic heterocycles. The first-order valence-corrected chi connectivity index (χ1v) is 9.02. The van der Waals surface area contributed by atoms with Gasteiger partial charge in [-0.05, 0) is 36.4 Å². The first kappa shape index (κ1) is 19.3. The largest absolute Gasteiger partial charge is 0.457 e. The zero-order chi connectivity index (χ0) is 18.2. The molecule has 0 unspecified atom stereocenters. The summed E-state index contributed by atoms with van der Waals surface area (Å²) in [6.45, 7) is -0.338. The van der Waals surface area contributed by atoms with E-state index in [0.717, 1.165) is 8.95 Å². The molecule has 0 bridgehead atoms. The molecule has 2 aromatic rings. The number of ketones is 1. The molecule has 25 heavy (non-hydrogen) atoms. The van der Waals surface area contributed by atoms with Crippen molar-refractivity contribution in [2.75, 3.05) is 11.9 Å². The van der Waals surface area contributed by atoms with Crippen molar-refractivity contribution in [3.05, 3.63) is 63.0 Å². The van der Waals surface area contributed by atoms with Gasteiger partial charge in [-0.2, -0.15) is 0 Å². The Balaban J connectivity index is 1.71. The van der Waals surface area contributed by atoms with E-state index in [9.17, 15) is 14.4 Å². The van der Waals surface area contributed by atoms with Crippen LogP contribution in [0.4, 0.5) is 5.69 Å². The van der Waals surface area contributed by atoms with E-state index < -0.39 is 5.97 Å². The van der Waals surface area contributed by atoms with Crippen LogP contribution in [0.2, 0.25) is 0 Å². The highest BCUT2D eigenvalue weighted by Crippen LogP contribution is 2.14. The number of halogens is 2. The topological polar surface area (TPSA) is 72.5 Å². The summed E-state index contributed by atoms with van der Waals surface area (Å²) in [5.74, 6) is -1.17. The van der Waals surface area contributed by atoms with Crippen molar-refractivity contribution in [1.29, 1.82) is 0 Å². The van der Waals surface area contributed by atoms with E-state index >= 15 is 0 Å². The molecular formula is C18H15Br2NO4. The maximum absolute atomic E-state index is 11.9. The normalized spacial score (nSPS) is 10.2. The van der Waals surface area contributed by atoms with Gasteiger partial charge in [-0.15, -0.1) is 0 Å². The second-order valence-corrected chi connectivity index (χ2v) is 6.98. The Hall–Kier alpha value is -1.99. The third-order valence-electron chi connectivity index (χ3n) is 3.21. The van der Waals surface area contributed by atoms with Gasteiger partial charge in [-0.3, -0.25) is 14.4 Å². The molecule has 5 nitrogen and oxygen atoms in total. The van der Waals surface area contributed by atoms with E-state index in [4.69, 9.17) is 4.74 Å². The van der Waals surface area contributed by atoms with Crippen LogP contribution in [0.1, 0.15) is 23.2 Å². The predicted octanol–water partition coefficient (Wildman–Crippen LogP) is 4.36. The molecule has 1 N–H and O–H groups in total. The fraction of sp³-hybridized carbons (Fsp3) is 0.167. The number of benzene rings is 2. The molecule has 2 aromatic carbocycles. The second kappa shape index (κ2) is 9.48. The van der Waals surface area contributed by atoms with E-state index in [-0.39, 0.29) is 31.1 Å². The van der Waals surface area contributed by atoms with Crippen molar-refractivity contribution < 1.29 is 19.1 Å². The molecule has 130 valence electrons. The Bertz CT molecular complexity index is 758. The van der Waals surface area contributed by atoms with Gasteiger partial charge in [0, 0.05) is 26.6 Å². The van der Waals surface area contributed by atoms with Crippen molar-refractivity contribution in [1.82, 2.24) is 0 Å². The molecule has 7 heteroatoms. The van der Waals surface area contributed by atoms with Crippen LogP contribution < -0.4 is 5.32 Å². The lowest BCUT2D eigenvalue weighted by atomic mass is 10.1. The first-order valence-electron chi connectivity index (χ1n) is 7.44. The Kier molecular flexibility index (Phi) is 7.33. The smallest absolute Gasteiger partial charge is 0.306 e. The number of Topliss-reactive ketones (excluding diaryl/α,β-unsaturated/α-hetero) is 1. The summed E-state index contributed by atoms with van der Waals surface area (Å²) in [5, 5.41) is 2.68. The summed E-state index contributed by atoms with van der Waals surface area (Å²) in [4.78, 5) is 35.3. The summed E-state index contributed by atoms with van der Waals surface area (Å²) in [6.07, 6.45) is -0.0999. The molecule has 0 fully saturated rings. The summed E-state index contributed by atoms with van der Waals surface area (Å²) < 4.78 is 6.68. The van der Waals surface area contributed by atoms with Gasteiger partial charge in [-0.1, -0.05) is 44.0 Å². The third-order valence-corrected chi connectivity index (χ3v) is 4.27. The Morgan fingerprint density at radius 2 is 1.40 bits per heavy atom. The third kappa shape index (κ3) is 6.80. The van der Waals surface area contributed by atoms with E-state index in [1.807, 2.05) is 0 Å². The average molecular weight is 469 g/mol. The SMILES string of the molecule is O=C(CCC(=O)OCC(=O)c1ccc(Br)cc1)Nc1ccc(Br)cc1. The van der Waals surface area contributed by atoms with E-state index in [1.165, 1.54) is 0 Å². The van der Waals surface area contributed by atoms with Crippen LogP contribution in [-0.4, -0.2) is 24.3 Å². The average Bonchev–Trinajstić information content (AvgIpc) is 2.60. The lowest BCUT2D eigenvalue weighted by Crippen LogP contribution is -2.17. The number of amides is 1. The molecule has 0 heterocycles. The molecule has 0 saturated carbocycles. The molecule has 0 saturated heterocycles. The highest BCUT2D eigenvalue weighted by atomic mass is 79.9. The summed E-state index contributed by atoms with van der Waals surface area (Å²) in [6, 6.07) is 13.9. The molecule has 0 aliphatic heterocycles. The molecule has 0 radical (unpaired) electrons. The molecule has 0 aliphatic carbocycles. The zero-order valence-corrected chi connectivity index (χ0v) is 16.3. The maximum Gasteiger partial charge on any atom is 0.306 e. The number of hydrogen-bond donors (Lipinski definition) is 1. The van der Waals surface area contributed by atoms with E-state index in [2.05, 4.69) is 37.2 Å². The van der Waals surface area contributed by atoms with Crippen LogP contribution in [0.3, 0.4) is 0 Å². The highest BCUT2D eigenvalue weighted by molar-refractivity contribution is 9.10. The number of anilines is 1. The van der Waals surface area contributed by atoms with Crippen LogP contribution in [0, 0.1) is 0 Å². The highest BCUT2D eigenvalue weighted by Gasteiger charge is 2.12. The molecule has 1 amide bonds. The number of nitrogens with one attached hydrogen (secondary N) is 1. The van der Waals surface area contributed by atoms with Crippen LogP contribution in [0.5, 0.6) is 0 Å². The van der Waals surface area contributed by atoms with Gasteiger partial charge in [0.1, 0.15) is 0 Å². The number of carbonyl (C=O) groups is 3. The zero-order valence-electron chi connectivity index (χ0n) is 13.1. The summed E-state index contributed by atoms with van der Waals surface area (Å²) >= 11 is 6.59. The fourth-order valence-electron chi connectivity index (χ4n) is 1.91.